The van der Waals surface area contributed by atoms with Crippen molar-refractivity contribution in [2.45, 2.75) is 12.3 Å². The molecule has 0 fully saturated rings. The number of hydrogen-bond acceptors (Lipinski definition) is 3. The lowest BCUT2D eigenvalue weighted by Gasteiger charge is -2.17. The predicted octanol–water partition coefficient (Wildman–Crippen LogP) is 6.71. The third-order valence-corrected chi connectivity index (χ3v) is 5.35. The quantitative estimate of drug-likeness (QED) is 0.246. The molecular formula is C27H20O3. The number of esters is 1. The van der Waals surface area contributed by atoms with Crippen LogP contribution >= 0.6 is 0 Å². The molecule has 5 aromatic rings. The van der Waals surface area contributed by atoms with Gasteiger partial charge in [-0.2, -0.15) is 0 Å². The maximum Gasteiger partial charge on any atom is 0.312 e. The van der Waals surface area contributed by atoms with E-state index in [0.717, 1.165) is 33.1 Å². The fraction of sp³-hybridized carbons (Fsp3) is 0.0741. The molecule has 1 aromatic heterocycles. The van der Waals surface area contributed by atoms with Crippen molar-refractivity contribution >= 4 is 27.9 Å². The molecule has 0 saturated heterocycles. The number of furan rings is 1. The number of para-hydroxylation sites is 1. The van der Waals surface area contributed by atoms with Crippen LogP contribution in [0.4, 0.5) is 0 Å². The molecule has 5 rings (SSSR count). The van der Waals surface area contributed by atoms with Crippen molar-refractivity contribution in [2.75, 3.05) is 0 Å². The van der Waals surface area contributed by atoms with Gasteiger partial charge in [-0.05, 0) is 35.4 Å². The summed E-state index contributed by atoms with van der Waals surface area (Å²) in [6.07, 6.45) is 0.262. The highest BCUT2D eigenvalue weighted by molar-refractivity contribution is 6.05. The number of fused-ring (bicyclic) bond motifs is 3. The van der Waals surface area contributed by atoms with Crippen LogP contribution in [-0.4, -0.2) is 5.97 Å². The smallest absolute Gasteiger partial charge is 0.312 e. The molecule has 0 aliphatic rings. The molecule has 0 amide bonds. The maximum absolute atomic E-state index is 12.9. The number of hydrogen-bond donors (Lipinski definition) is 0. The molecule has 0 aliphatic heterocycles. The second-order valence-electron chi connectivity index (χ2n) is 7.31. The van der Waals surface area contributed by atoms with Gasteiger partial charge in [0, 0.05) is 16.7 Å². The second-order valence-corrected chi connectivity index (χ2v) is 7.31. The molecule has 1 heterocycles. The molecule has 3 nitrogen and oxygen atoms in total. The average Bonchev–Trinajstić information content (AvgIpc) is 3.17. The first-order valence-corrected chi connectivity index (χ1v) is 10.00. The van der Waals surface area contributed by atoms with E-state index in [-0.39, 0.29) is 18.3 Å². The highest BCUT2D eigenvalue weighted by Gasteiger charge is 2.20. The molecule has 0 bridgehead atoms. The molecule has 0 unspecified atom stereocenters. The zero-order valence-electron chi connectivity index (χ0n) is 16.3. The third kappa shape index (κ3) is 3.58. The van der Waals surface area contributed by atoms with Gasteiger partial charge in [-0.1, -0.05) is 78.9 Å². The van der Waals surface area contributed by atoms with Crippen molar-refractivity contribution in [3.63, 3.8) is 0 Å². The van der Waals surface area contributed by atoms with Crippen LogP contribution in [0.15, 0.2) is 108 Å². The average molecular weight is 392 g/mol. The Bertz CT molecular complexity index is 1260. The van der Waals surface area contributed by atoms with Gasteiger partial charge in [0.05, 0.1) is 6.42 Å². The number of rotatable bonds is 5. The molecule has 4 aromatic carbocycles. The van der Waals surface area contributed by atoms with Crippen LogP contribution in [0.2, 0.25) is 0 Å². The Morgan fingerprint density at radius 3 is 2.00 bits per heavy atom. The Kier molecular flexibility index (Phi) is 4.78. The summed E-state index contributed by atoms with van der Waals surface area (Å²) in [7, 11) is 0. The van der Waals surface area contributed by atoms with E-state index in [9.17, 15) is 4.79 Å². The summed E-state index contributed by atoms with van der Waals surface area (Å²) in [5.74, 6) is 0.206. The van der Waals surface area contributed by atoms with E-state index in [2.05, 4.69) is 24.3 Å². The number of carbonyl (C=O) groups is 1. The van der Waals surface area contributed by atoms with Crippen molar-refractivity contribution < 1.29 is 13.9 Å². The monoisotopic (exact) mass is 392 g/mol. The SMILES string of the molecule is O=C(CC(c1ccccc1)c1ccccc1)Oc1ccc2oc3ccccc3c2c1. The first kappa shape index (κ1) is 18.2. The standard InChI is InChI=1S/C27H20O3/c28-27(18-23(19-9-3-1-4-10-19)20-11-5-2-6-12-20)29-21-15-16-26-24(17-21)22-13-7-8-14-25(22)30-26/h1-17,23H,18H2. The van der Waals surface area contributed by atoms with E-state index in [0.29, 0.717) is 5.75 Å². The first-order chi connectivity index (χ1) is 14.8. The van der Waals surface area contributed by atoms with E-state index < -0.39 is 0 Å². The van der Waals surface area contributed by atoms with Crippen LogP contribution in [0.3, 0.4) is 0 Å². The van der Waals surface area contributed by atoms with Crippen molar-refractivity contribution in [1.82, 2.24) is 0 Å². The van der Waals surface area contributed by atoms with Gasteiger partial charge in [0.15, 0.2) is 0 Å². The van der Waals surface area contributed by atoms with Gasteiger partial charge in [0.1, 0.15) is 16.9 Å². The maximum atomic E-state index is 12.9. The fourth-order valence-corrected chi connectivity index (χ4v) is 3.91. The molecule has 30 heavy (non-hydrogen) atoms. The molecule has 0 radical (unpaired) electrons. The van der Waals surface area contributed by atoms with E-state index in [4.69, 9.17) is 9.15 Å². The molecule has 0 spiro atoms. The molecule has 0 N–H and O–H groups in total. The molecule has 0 aliphatic carbocycles. The summed E-state index contributed by atoms with van der Waals surface area (Å²) in [5.41, 5.74) is 3.79. The van der Waals surface area contributed by atoms with Crippen LogP contribution < -0.4 is 4.74 Å². The summed E-state index contributed by atoms with van der Waals surface area (Å²) in [4.78, 5) is 12.9. The van der Waals surface area contributed by atoms with Gasteiger partial charge < -0.3 is 9.15 Å². The van der Waals surface area contributed by atoms with E-state index in [1.54, 1.807) is 6.07 Å². The lowest BCUT2D eigenvalue weighted by Crippen LogP contribution is -2.14. The van der Waals surface area contributed by atoms with Gasteiger partial charge in [0.25, 0.3) is 0 Å². The van der Waals surface area contributed by atoms with Crippen molar-refractivity contribution in [3.8, 4) is 5.75 Å². The lowest BCUT2D eigenvalue weighted by atomic mass is 9.88. The lowest BCUT2D eigenvalue weighted by molar-refractivity contribution is -0.134. The second kappa shape index (κ2) is 7.88. The zero-order chi connectivity index (χ0) is 20.3. The van der Waals surface area contributed by atoms with Gasteiger partial charge in [-0.25, -0.2) is 0 Å². The minimum absolute atomic E-state index is 0.0570. The number of benzene rings is 4. The van der Waals surface area contributed by atoms with Crippen molar-refractivity contribution in [2.24, 2.45) is 0 Å². The molecule has 3 heteroatoms. The predicted molar refractivity (Wildman–Crippen MR) is 119 cm³/mol. The van der Waals surface area contributed by atoms with Crippen LogP contribution in [0, 0.1) is 0 Å². The van der Waals surface area contributed by atoms with Crippen LogP contribution in [0.5, 0.6) is 5.75 Å². The van der Waals surface area contributed by atoms with Gasteiger partial charge >= 0.3 is 5.97 Å². The molecule has 0 saturated carbocycles. The highest BCUT2D eigenvalue weighted by Crippen LogP contribution is 2.32. The van der Waals surface area contributed by atoms with E-state index >= 15 is 0 Å². The Labute approximate surface area is 174 Å². The van der Waals surface area contributed by atoms with Crippen molar-refractivity contribution in [3.05, 3.63) is 114 Å². The largest absolute Gasteiger partial charge is 0.456 e. The Morgan fingerprint density at radius 2 is 1.30 bits per heavy atom. The van der Waals surface area contributed by atoms with Crippen molar-refractivity contribution in [1.29, 1.82) is 0 Å². The highest BCUT2D eigenvalue weighted by atomic mass is 16.5. The summed E-state index contributed by atoms with van der Waals surface area (Å²) < 4.78 is 11.6. The molecule has 0 atom stereocenters. The van der Waals surface area contributed by atoms with E-state index in [1.165, 1.54) is 0 Å². The third-order valence-electron chi connectivity index (χ3n) is 5.35. The fourth-order valence-electron chi connectivity index (χ4n) is 3.91. The minimum atomic E-state index is -0.264. The summed E-state index contributed by atoms with van der Waals surface area (Å²) >= 11 is 0. The Morgan fingerprint density at radius 1 is 0.700 bits per heavy atom. The van der Waals surface area contributed by atoms with Gasteiger partial charge in [0.2, 0.25) is 0 Å². The first-order valence-electron chi connectivity index (χ1n) is 10.00. The van der Waals surface area contributed by atoms with Gasteiger partial charge in [-0.3, -0.25) is 4.79 Å². The number of carbonyl (C=O) groups excluding carboxylic acids is 1. The Hall–Kier alpha value is -3.85. The molecule has 146 valence electrons. The Balaban J connectivity index is 1.42. The number of ether oxygens (including phenoxy) is 1. The van der Waals surface area contributed by atoms with Crippen LogP contribution in [0.1, 0.15) is 23.5 Å². The summed E-state index contributed by atoms with van der Waals surface area (Å²) in [6, 6.07) is 33.5. The minimum Gasteiger partial charge on any atom is -0.456 e. The van der Waals surface area contributed by atoms with E-state index in [1.807, 2.05) is 72.8 Å². The topological polar surface area (TPSA) is 39.4 Å². The summed E-state index contributed by atoms with van der Waals surface area (Å²) in [5, 5.41) is 1.95. The van der Waals surface area contributed by atoms with Crippen LogP contribution in [0.25, 0.3) is 21.9 Å². The molecular weight excluding hydrogens is 372 g/mol. The summed E-state index contributed by atoms with van der Waals surface area (Å²) in [6.45, 7) is 0. The zero-order valence-corrected chi connectivity index (χ0v) is 16.3. The normalized spacial score (nSPS) is 11.2. The van der Waals surface area contributed by atoms with Crippen LogP contribution in [-0.2, 0) is 4.79 Å². The van der Waals surface area contributed by atoms with Gasteiger partial charge in [-0.15, -0.1) is 0 Å².